The number of aliphatic hydroxyl groups excluding tert-OH is 1. The predicted molar refractivity (Wildman–Crippen MR) is 161 cm³/mol. The van der Waals surface area contributed by atoms with E-state index < -0.39 is 29.8 Å². The Hall–Kier alpha value is -4.91. The summed E-state index contributed by atoms with van der Waals surface area (Å²) in [6.07, 6.45) is 1.58. The van der Waals surface area contributed by atoms with Crippen molar-refractivity contribution in [2.45, 2.75) is 19.7 Å². The van der Waals surface area contributed by atoms with Crippen LogP contribution in [0.4, 0.5) is 5.82 Å². The van der Waals surface area contributed by atoms with Gasteiger partial charge in [0, 0.05) is 34.3 Å². The molecule has 0 saturated carbocycles. The molecule has 218 valence electrons. The SMILES string of the molecule is COC(=O)C(=O)Cn1c(-c2cc(NCc3ccc(Cl)s3)n(C(=O)c3cccc(CO)c3)n2)cc(-c2ccccn2)cc1=O. The molecule has 5 rings (SSSR count). The van der Waals surface area contributed by atoms with Gasteiger partial charge < -0.3 is 15.2 Å². The van der Waals surface area contributed by atoms with Gasteiger partial charge in [0.15, 0.2) is 0 Å². The van der Waals surface area contributed by atoms with Crippen molar-refractivity contribution in [2.24, 2.45) is 0 Å². The lowest BCUT2D eigenvalue weighted by molar-refractivity contribution is -0.151. The minimum atomic E-state index is -1.10. The summed E-state index contributed by atoms with van der Waals surface area (Å²) in [5, 5.41) is 17.3. The van der Waals surface area contributed by atoms with Crippen molar-refractivity contribution in [3.8, 4) is 22.6 Å². The van der Waals surface area contributed by atoms with E-state index in [1.807, 2.05) is 6.07 Å². The number of aliphatic hydroxyl groups is 1. The molecule has 0 aliphatic carbocycles. The van der Waals surface area contributed by atoms with E-state index in [0.717, 1.165) is 21.2 Å². The zero-order chi connectivity index (χ0) is 30.5. The fraction of sp³-hybridized carbons (Fsp3) is 0.133. The number of ketones is 1. The van der Waals surface area contributed by atoms with Gasteiger partial charge in [-0.25, -0.2) is 4.79 Å². The molecular formula is C30H24ClN5O6S. The number of hydrogen-bond donors (Lipinski definition) is 2. The summed E-state index contributed by atoms with van der Waals surface area (Å²) in [6, 6.07) is 19.8. The van der Waals surface area contributed by atoms with Crippen LogP contribution in [0.15, 0.2) is 83.8 Å². The summed E-state index contributed by atoms with van der Waals surface area (Å²) >= 11 is 7.46. The first kappa shape index (κ1) is 29.6. The molecule has 0 saturated heterocycles. The summed E-state index contributed by atoms with van der Waals surface area (Å²) in [5.74, 6) is -2.26. The first-order valence-corrected chi connectivity index (χ1v) is 14.1. The molecule has 4 aromatic heterocycles. The van der Waals surface area contributed by atoms with Gasteiger partial charge in [0.25, 0.3) is 17.2 Å². The van der Waals surface area contributed by atoms with Crippen LogP contribution in [0, 0.1) is 0 Å². The van der Waals surface area contributed by atoms with E-state index in [4.69, 9.17) is 11.6 Å². The van der Waals surface area contributed by atoms with Crippen molar-refractivity contribution in [1.29, 1.82) is 0 Å². The minimum absolute atomic E-state index is 0.170. The Kier molecular flexibility index (Phi) is 8.90. The molecule has 0 fully saturated rings. The maximum absolute atomic E-state index is 13.7. The number of halogens is 1. The first-order valence-electron chi connectivity index (χ1n) is 12.9. The zero-order valence-corrected chi connectivity index (χ0v) is 24.3. The highest BCUT2D eigenvalue weighted by Crippen LogP contribution is 2.28. The Morgan fingerprint density at radius 2 is 1.86 bits per heavy atom. The fourth-order valence-corrected chi connectivity index (χ4v) is 5.34. The molecule has 0 bridgehead atoms. The second-order valence-electron chi connectivity index (χ2n) is 9.23. The normalized spacial score (nSPS) is 10.9. The molecule has 0 unspecified atom stereocenters. The van der Waals surface area contributed by atoms with E-state index in [1.165, 1.54) is 17.4 Å². The van der Waals surface area contributed by atoms with Gasteiger partial charge >= 0.3 is 5.97 Å². The van der Waals surface area contributed by atoms with Gasteiger partial charge in [-0.2, -0.15) is 9.78 Å². The van der Waals surface area contributed by atoms with Gasteiger partial charge in [-0.1, -0.05) is 29.8 Å². The summed E-state index contributed by atoms with van der Waals surface area (Å²) in [7, 11) is 1.08. The van der Waals surface area contributed by atoms with Crippen molar-refractivity contribution >= 4 is 46.4 Å². The molecule has 5 aromatic rings. The average Bonchev–Trinajstić information content (AvgIpc) is 3.66. The molecule has 0 amide bonds. The van der Waals surface area contributed by atoms with Crippen LogP contribution in [0.2, 0.25) is 4.34 Å². The summed E-state index contributed by atoms with van der Waals surface area (Å²) < 4.78 is 7.39. The quantitative estimate of drug-likeness (QED) is 0.175. The number of esters is 1. The molecule has 11 nitrogen and oxygen atoms in total. The number of aromatic nitrogens is 4. The fourth-order valence-electron chi connectivity index (χ4n) is 4.31. The number of hydrogen-bond acceptors (Lipinski definition) is 10. The number of rotatable bonds is 10. The molecule has 0 aliphatic rings. The topological polar surface area (TPSA) is 145 Å². The molecule has 43 heavy (non-hydrogen) atoms. The molecule has 13 heteroatoms. The third kappa shape index (κ3) is 6.61. The number of pyridine rings is 2. The van der Waals surface area contributed by atoms with E-state index in [1.54, 1.807) is 66.9 Å². The summed E-state index contributed by atoms with van der Waals surface area (Å²) in [4.78, 5) is 56.8. The second kappa shape index (κ2) is 12.9. The maximum atomic E-state index is 13.7. The number of thiophene rings is 1. The number of methoxy groups -OCH3 is 1. The largest absolute Gasteiger partial charge is 0.463 e. The number of nitrogens with one attached hydrogen (secondary N) is 1. The average molecular weight is 618 g/mol. The number of benzene rings is 1. The first-order chi connectivity index (χ1) is 20.8. The van der Waals surface area contributed by atoms with Crippen LogP contribution in [-0.2, 0) is 34.0 Å². The van der Waals surface area contributed by atoms with Gasteiger partial charge in [0.1, 0.15) is 11.5 Å². The number of Topliss-reactive ketones (excluding diaryl/α,β-unsaturated/α-hetero) is 1. The molecule has 0 radical (unpaired) electrons. The Bertz CT molecular complexity index is 1880. The summed E-state index contributed by atoms with van der Waals surface area (Å²) in [5.41, 5.74) is 1.50. The van der Waals surface area contributed by atoms with Crippen molar-refractivity contribution in [3.63, 3.8) is 0 Å². The maximum Gasteiger partial charge on any atom is 0.376 e. The summed E-state index contributed by atoms with van der Waals surface area (Å²) in [6.45, 7) is -0.552. The Labute approximate surface area is 254 Å². The monoisotopic (exact) mass is 617 g/mol. The van der Waals surface area contributed by atoms with Crippen LogP contribution in [0.25, 0.3) is 22.6 Å². The Balaban J connectivity index is 1.65. The Morgan fingerprint density at radius 3 is 2.56 bits per heavy atom. The third-order valence-electron chi connectivity index (χ3n) is 6.40. The van der Waals surface area contributed by atoms with Crippen LogP contribution in [-0.4, -0.2) is 49.2 Å². The Morgan fingerprint density at radius 1 is 1.02 bits per heavy atom. The van der Waals surface area contributed by atoms with Crippen molar-refractivity contribution in [2.75, 3.05) is 12.4 Å². The van der Waals surface area contributed by atoms with Gasteiger partial charge in [-0.3, -0.25) is 23.9 Å². The lowest BCUT2D eigenvalue weighted by Crippen LogP contribution is -2.29. The number of nitrogens with zero attached hydrogens (tertiary/aromatic N) is 4. The van der Waals surface area contributed by atoms with Crippen LogP contribution in [0.1, 0.15) is 20.8 Å². The van der Waals surface area contributed by atoms with E-state index >= 15 is 0 Å². The highest BCUT2D eigenvalue weighted by molar-refractivity contribution is 7.16. The van der Waals surface area contributed by atoms with Gasteiger partial charge in [-0.15, -0.1) is 11.3 Å². The lowest BCUT2D eigenvalue weighted by Gasteiger charge is -2.12. The smallest absolute Gasteiger partial charge is 0.376 e. The predicted octanol–water partition coefficient (Wildman–Crippen LogP) is 4.02. The van der Waals surface area contributed by atoms with Crippen molar-refractivity contribution in [1.82, 2.24) is 19.3 Å². The lowest BCUT2D eigenvalue weighted by atomic mass is 10.1. The molecule has 0 aliphatic heterocycles. The third-order valence-corrected chi connectivity index (χ3v) is 7.63. The number of carbonyl (C=O) groups excluding carboxylic acids is 3. The van der Waals surface area contributed by atoms with E-state index in [0.29, 0.717) is 33.5 Å². The van der Waals surface area contributed by atoms with Crippen LogP contribution < -0.4 is 10.9 Å². The van der Waals surface area contributed by atoms with Crippen molar-refractivity contribution in [3.05, 3.63) is 110 Å². The molecule has 1 aromatic carbocycles. The van der Waals surface area contributed by atoms with Gasteiger partial charge in [-0.05, 0) is 48.0 Å². The van der Waals surface area contributed by atoms with Gasteiger partial charge in [0.05, 0.1) is 42.5 Å². The minimum Gasteiger partial charge on any atom is -0.463 e. The highest BCUT2D eigenvalue weighted by atomic mass is 35.5. The number of anilines is 1. The number of ether oxygens (including phenoxy) is 1. The molecule has 4 heterocycles. The highest BCUT2D eigenvalue weighted by Gasteiger charge is 2.23. The standard InChI is InChI=1S/C30H24ClN5O6S/c1-42-30(41)25(38)16-35-24(12-20(13-28(35)39)22-7-2-3-10-32-22)23-14-27(33-15-21-8-9-26(31)43-21)36(34-23)29(40)19-6-4-5-18(11-19)17-37/h2-14,33,37H,15-17H2,1H3. The van der Waals surface area contributed by atoms with E-state index in [-0.39, 0.29) is 23.6 Å². The zero-order valence-electron chi connectivity index (χ0n) is 22.7. The van der Waals surface area contributed by atoms with E-state index in [9.17, 15) is 24.3 Å². The van der Waals surface area contributed by atoms with Crippen LogP contribution >= 0.6 is 22.9 Å². The number of carbonyl (C=O) groups is 3. The van der Waals surface area contributed by atoms with Crippen molar-refractivity contribution < 1.29 is 24.2 Å². The van der Waals surface area contributed by atoms with Crippen LogP contribution in [0.3, 0.4) is 0 Å². The molecule has 0 spiro atoms. The van der Waals surface area contributed by atoms with Crippen LogP contribution in [0.5, 0.6) is 0 Å². The molecular weight excluding hydrogens is 594 g/mol. The van der Waals surface area contributed by atoms with E-state index in [2.05, 4.69) is 20.1 Å². The second-order valence-corrected chi connectivity index (χ2v) is 11.0. The molecule has 2 N–H and O–H groups in total. The van der Waals surface area contributed by atoms with Gasteiger partial charge in [0.2, 0.25) is 0 Å². The molecule has 0 atom stereocenters.